The molecular formula is C16H18N2O6S. The van der Waals surface area contributed by atoms with Crippen molar-refractivity contribution in [3.05, 3.63) is 24.3 Å². The van der Waals surface area contributed by atoms with Gasteiger partial charge in [0.25, 0.3) is 0 Å². The molecule has 1 atom stereocenters. The zero-order valence-corrected chi connectivity index (χ0v) is 14.7. The topological polar surface area (TPSA) is 93.2 Å². The van der Waals surface area contributed by atoms with Crippen molar-refractivity contribution < 1.29 is 27.5 Å². The van der Waals surface area contributed by atoms with Crippen LogP contribution in [0.15, 0.2) is 29.2 Å². The van der Waals surface area contributed by atoms with Crippen molar-refractivity contribution in [1.82, 2.24) is 9.21 Å². The fourth-order valence-corrected chi connectivity index (χ4v) is 3.99. The van der Waals surface area contributed by atoms with Gasteiger partial charge in [-0.05, 0) is 24.3 Å². The lowest BCUT2D eigenvalue weighted by molar-refractivity contribution is -0.150. The lowest BCUT2D eigenvalue weighted by Gasteiger charge is -2.37. The van der Waals surface area contributed by atoms with Gasteiger partial charge in [0, 0.05) is 6.54 Å². The lowest BCUT2D eigenvalue weighted by Crippen LogP contribution is -2.60. The first kappa shape index (κ1) is 18.8. The highest BCUT2D eigenvalue weighted by molar-refractivity contribution is 7.89. The summed E-state index contributed by atoms with van der Waals surface area (Å²) in [5, 5.41) is 0. The number of benzene rings is 1. The largest absolute Gasteiger partial charge is 0.497 e. The molecule has 1 unspecified atom stereocenters. The third-order valence-corrected chi connectivity index (χ3v) is 5.68. The maximum absolute atomic E-state index is 12.9. The van der Waals surface area contributed by atoms with Crippen LogP contribution in [0.5, 0.6) is 5.75 Å². The molecule has 1 aromatic carbocycles. The first-order valence-electron chi connectivity index (χ1n) is 7.30. The molecule has 0 bridgehead atoms. The van der Waals surface area contributed by atoms with Crippen molar-refractivity contribution in [2.24, 2.45) is 0 Å². The molecule has 0 radical (unpaired) electrons. The maximum atomic E-state index is 12.9. The highest BCUT2D eigenvalue weighted by Crippen LogP contribution is 2.24. The van der Waals surface area contributed by atoms with Crippen molar-refractivity contribution in [3.8, 4) is 18.1 Å². The molecule has 8 nitrogen and oxygen atoms in total. The fraction of sp³-hybridized carbons (Fsp3) is 0.375. The molecule has 0 saturated carbocycles. The van der Waals surface area contributed by atoms with E-state index in [4.69, 9.17) is 15.9 Å². The molecular weight excluding hydrogens is 348 g/mol. The number of sulfonamides is 1. The Morgan fingerprint density at radius 2 is 1.96 bits per heavy atom. The summed E-state index contributed by atoms with van der Waals surface area (Å²) in [6, 6.07) is 4.50. The number of piperazine rings is 1. The molecule has 0 aliphatic carbocycles. The van der Waals surface area contributed by atoms with Gasteiger partial charge in [0.1, 0.15) is 11.8 Å². The molecule has 0 spiro atoms. The second-order valence-electron chi connectivity index (χ2n) is 5.24. The summed E-state index contributed by atoms with van der Waals surface area (Å²) in [5.74, 6) is 1.56. The lowest BCUT2D eigenvalue weighted by atomic mass is 10.2. The molecule has 2 rings (SSSR count). The number of methoxy groups -OCH3 is 2. The van der Waals surface area contributed by atoms with E-state index >= 15 is 0 Å². The fourth-order valence-electron chi connectivity index (χ4n) is 2.47. The van der Waals surface area contributed by atoms with Crippen molar-refractivity contribution in [1.29, 1.82) is 0 Å². The van der Waals surface area contributed by atoms with E-state index in [1.807, 2.05) is 0 Å². The van der Waals surface area contributed by atoms with Gasteiger partial charge < -0.3 is 14.4 Å². The van der Waals surface area contributed by atoms with Gasteiger partial charge in [-0.15, -0.1) is 6.42 Å². The number of hydrogen-bond donors (Lipinski definition) is 0. The molecule has 1 fully saturated rings. The second kappa shape index (κ2) is 7.55. The van der Waals surface area contributed by atoms with E-state index < -0.39 is 34.5 Å². The van der Waals surface area contributed by atoms with Crippen molar-refractivity contribution >= 4 is 21.9 Å². The molecule has 1 amide bonds. The van der Waals surface area contributed by atoms with Crippen molar-refractivity contribution in [2.45, 2.75) is 10.9 Å². The van der Waals surface area contributed by atoms with Gasteiger partial charge in [0.2, 0.25) is 15.9 Å². The molecule has 0 N–H and O–H groups in total. The number of nitrogens with zero attached hydrogens (tertiary/aromatic N) is 2. The number of amides is 1. The number of rotatable bonds is 5. The van der Waals surface area contributed by atoms with Gasteiger partial charge in [-0.2, -0.15) is 4.31 Å². The van der Waals surface area contributed by atoms with Gasteiger partial charge in [-0.1, -0.05) is 5.92 Å². The molecule has 1 aliphatic heterocycles. The Bertz CT molecular complexity index is 797. The maximum Gasteiger partial charge on any atom is 0.326 e. The average molecular weight is 366 g/mol. The minimum atomic E-state index is -4.08. The molecule has 134 valence electrons. The summed E-state index contributed by atoms with van der Waals surface area (Å²) in [6.45, 7) is -0.663. The average Bonchev–Trinajstić information content (AvgIpc) is 2.62. The van der Waals surface area contributed by atoms with Crippen molar-refractivity contribution in [2.75, 3.05) is 33.9 Å². The number of carbonyl (C=O) groups is 2. The zero-order valence-electron chi connectivity index (χ0n) is 13.8. The van der Waals surface area contributed by atoms with E-state index in [0.717, 1.165) is 11.4 Å². The quantitative estimate of drug-likeness (QED) is 0.525. The normalized spacial score (nSPS) is 18.5. The Labute approximate surface area is 146 Å². The zero-order chi connectivity index (χ0) is 18.6. The minimum Gasteiger partial charge on any atom is -0.497 e. The summed E-state index contributed by atoms with van der Waals surface area (Å²) >= 11 is 0. The Kier molecular flexibility index (Phi) is 5.66. The van der Waals surface area contributed by atoms with Crippen LogP contribution in [0.4, 0.5) is 0 Å². The van der Waals surface area contributed by atoms with Gasteiger partial charge in [-0.25, -0.2) is 8.42 Å². The Hall–Kier alpha value is -2.57. The van der Waals surface area contributed by atoms with Crippen LogP contribution in [0.25, 0.3) is 0 Å². The predicted octanol–water partition coefficient (Wildman–Crippen LogP) is -0.297. The molecule has 1 aliphatic rings. The highest BCUT2D eigenvalue weighted by Gasteiger charge is 2.43. The number of hydrogen-bond acceptors (Lipinski definition) is 6. The SMILES string of the molecule is C#CCN1CC(C(=O)OC)N(S(=O)(=O)c2ccc(OC)cc2)CC1=O. The van der Waals surface area contributed by atoms with E-state index in [1.54, 1.807) is 0 Å². The van der Waals surface area contributed by atoms with Crippen LogP contribution in [0.2, 0.25) is 0 Å². The Morgan fingerprint density at radius 1 is 1.32 bits per heavy atom. The van der Waals surface area contributed by atoms with Crippen molar-refractivity contribution in [3.63, 3.8) is 0 Å². The van der Waals surface area contributed by atoms with Crippen LogP contribution < -0.4 is 4.74 Å². The van der Waals surface area contributed by atoms with E-state index in [0.29, 0.717) is 5.75 Å². The van der Waals surface area contributed by atoms with E-state index in [-0.39, 0.29) is 18.0 Å². The van der Waals surface area contributed by atoms with Gasteiger partial charge in [0.05, 0.1) is 32.2 Å². The number of carbonyl (C=O) groups excluding carboxylic acids is 2. The second-order valence-corrected chi connectivity index (χ2v) is 7.13. The monoisotopic (exact) mass is 366 g/mol. The standard InChI is InChI=1S/C16H18N2O6S/c1-4-9-17-10-14(16(20)24-3)18(11-15(17)19)25(21,22)13-7-5-12(23-2)6-8-13/h1,5-8,14H,9-11H2,2-3H3. The minimum absolute atomic E-state index is 0.0112. The molecule has 1 saturated heterocycles. The number of ether oxygens (including phenoxy) is 2. The molecule has 9 heteroatoms. The predicted molar refractivity (Wildman–Crippen MR) is 88.1 cm³/mol. The van der Waals surface area contributed by atoms with E-state index in [2.05, 4.69) is 5.92 Å². The molecule has 25 heavy (non-hydrogen) atoms. The van der Waals surface area contributed by atoms with Crippen LogP contribution in [0.1, 0.15) is 0 Å². The van der Waals surface area contributed by atoms with E-state index in [9.17, 15) is 18.0 Å². The summed E-state index contributed by atoms with van der Waals surface area (Å²) in [6.07, 6.45) is 5.21. The van der Waals surface area contributed by atoms with Gasteiger partial charge >= 0.3 is 5.97 Å². The third kappa shape index (κ3) is 3.75. The molecule has 1 aromatic rings. The van der Waals surface area contributed by atoms with Gasteiger partial charge in [0.15, 0.2) is 0 Å². The first-order valence-corrected chi connectivity index (χ1v) is 8.74. The number of esters is 1. The molecule has 0 aromatic heterocycles. The third-order valence-electron chi connectivity index (χ3n) is 3.81. The first-order chi connectivity index (χ1) is 11.8. The van der Waals surface area contributed by atoms with Gasteiger partial charge in [-0.3, -0.25) is 9.59 Å². The van der Waals surface area contributed by atoms with Crippen LogP contribution >= 0.6 is 0 Å². The molecule has 1 heterocycles. The van der Waals surface area contributed by atoms with Crippen LogP contribution in [-0.2, 0) is 24.3 Å². The van der Waals surface area contributed by atoms with E-state index in [1.165, 1.54) is 36.3 Å². The van der Waals surface area contributed by atoms with Crippen LogP contribution in [0, 0.1) is 12.3 Å². The summed E-state index contributed by atoms with van der Waals surface area (Å²) < 4.78 is 36.3. The smallest absolute Gasteiger partial charge is 0.326 e. The van der Waals surface area contributed by atoms with Crippen LogP contribution in [-0.4, -0.2) is 69.4 Å². The summed E-state index contributed by atoms with van der Waals surface area (Å²) in [7, 11) is -1.47. The summed E-state index contributed by atoms with van der Waals surface area (Å²) in [4.78, 5) is 25.5. The summed E-state index contributed by atoms with van der Waals surface area (Å²) in [5.41, 5.74) is 0. The Balaban J connectivity index is 2.40. The highest BCUT2D eigenvalue weighted by atomic mass is 32.2. The van der Waals surface area contributed by atoms with Crippen LogP contribution in [0.3, 0.4) is 0 Å². The Morgan fingerprint density at radius 3 is 2.48 bits per heavy atom. The number of terminal acetylenes is 1.